The number of aromatic nitrogens is 5. The van der Waals surface area contributed by atoms with Gasteiger partial charge in [-0.2, -0.15) is 0 Å². The first-order valence-electron chi connectivity index (χ1n) is 5.83. The van der Waals surface area contributed by atoms with Crippen molar-refractivity contribution in [2.75, 3.05) is 0 Å². The van der Waals surface area contributed by atoms with Gasteiger partial charge in [-0.1, -0.05) is 11.8 Å². The molecule has 2 aromatic heterocycles. The summed E-state index contributed by atoms with van der Waals surface area (Å²) in [7, 11) is 0. The highest BCUT2D eigenvalue weighted by molar-refractivity contribution is 7.98. The Bertz CT molecular complexity index is 611. The van der Waals surface area contributed by atoms with E-state index in [1.54, 1.807) is 18.3 Å². The summed E-state index contributed by atoms with van der Waals surface area (Å²) in [6, 6.07) is 3.57. The second kappa shape index (κ2) is 4.96. The minimum Gasteiger partial charge on any atom is -0.478 e. The molecule has 2 aromatic rings. The van der Waals surface area contributed by atoms with Crippen molar-refractivity contribution in [3.05, 3.63) is 29.7 Å². The van der Waals surface area contributed by atoms with Gasteiger partial charge in [0.2, 0.25) is 0 Å². The number of carbonyl (C=O) groups is 1. The Morgan fingerprint density at radius 3 is 3.11 bits per heavy atom. The lowest BCUT2D eigenvalue weighted by Gasteiger charge is -2.04. The average Bonchev–Trinajstić information content (AvgIpc) is 3.15. The number of aromatic carboxylic acids is 1. The summed E-state index contributed by atoms with van der Waals surface area (Å²) in [6.07, 6.45) is 3.79. The molecular formula is C11H11N5O2S. The molecule has 0 aliphatic heterocycles. The van der Waals surface area contributed by atoms with E-state index in [2.05, 4.69) is 20.5 Å². The maximum absolute atomic E-state index is 11.1. The molecular weight excluding hydrogens is 266 g/mol. The van der Waals surface area contributed by atoms with Gasteiger partial charge in [-0.3, -0.25) is 0 Å². The summed E-state index contributed by atoms with van der Waals surface area (Å²) in [5, 5.41) is 21.2. The molecule has 0 unspecified atom stereocenters. The van der Waals surface area contributed by atoms with Crippen LogP contribution in [-0.2, 0) is 5.75 Å². The van der Waals surface area contributed by atoms with Crippen molar-refractivity contribution in [3.63, 3.8) is 0 Å². The van der Waals surface area contributed by atoms with Crippen molar-refractivity contribution in [3.8, 4) is 0 Å². The number of tetrazole rings is 1. The zero-order chi connectivity index (χ0) is 13.2. The van der Waals surface area contributed by atoms with Gasteiger partial charge in [-0.05, 0) is 35.4 Å². The van der Waals surface area contributed by atoms with Crippen LogP contribution in [0.25, 0.3) is 0 Å². The van der Waals surface area contributed by atoms with E-state index in [-0.39, 0.29) is 5.56 Å². The number of nitrogens with zero attached hydrogens (tertiary/aromatic N) is 5. The van der Waals surface area contributed by atoms with Crippen LogP contribution in [-0.4, -0.2) is 36.3 Å². The summed E-state index contributed by atoms with van der Waals surface area (Å²) >= 11 is 1.34. The van der Waals surface area contributed by atoms with Crippen LogP contribution in [0.3, 0.4) is 0 Å². The van der Waals surface area contributed by atoms with Gasteiger partial charge in [0.15, 0.2) is 5.82 Å². The van der Waals surface area contributed by atoms with Crippen LogP contribution in [0.4, 0.5) is 0 Å². The molecule has 1 saturated carbocycles. The quantitative estimate of drug-likeness (QED) is 0.825. The van der Waals surface area contributed by atoms with Gasteiger partial charge in [-0.25, -0.2) is 14.5 Å². The molecule has 8 heteroatoms. The summed E-state index contributed by atoms with van der Waals surface area (Å²) in [6.45, 7) is 0. The Balaban J connectivity index is 1.75. The minimum atomic E-state index is -0.975. The normalized spacial score (nSPS) is 14.5. The zero-order valence-corrected chi connectivity index (χ0v) is 10.7. The van der Waals surface area contributed by atoms with Gasteiger partial charge < -0.3 is 5.11 Å². The van der Waals surface area contributed by atoms with E-state index in [4.69, 9.17) is 5.11 Å². The maximum atomic E-state index is 11.1. The summed E-state index contributed by atoms with van der Waals surface area (Å²) in [5.74, 6) is 0.299. The van der Waals surface area contributed by atoms with E-state index in [1.165, 1.54) is 11.8 Å². The molecule has 1 N–H and O–H groups in total. The first kappa shape index (κ1) is 12.1. The third kappa shape index (κ3) is 2.58. The smallest absolute Gasteiger partial charge is 0.338 e. The molecule has 1 aliphatic carbocycles. The summed E-state index contributed by atoms with van der Waals surface area (Å²) in [4.78, 5) is 15.2. The topological polar surface area (TPSA) is 93.8 Å². The van der Waals surface area contributed by atoms with Crippen molar-refractivity contribution in [1.29, 1.82) is 0 Å². The molecule has 1 aliphatic rings. The van der Waals surface area contributed by atoms with Gasteiger partial charge in [0.05, 0.1) is 17.4 Å². The van der Waals surface area contributed by atoms with Crippen LogP contribution >= 0.6 is 11.8 Å². The number of hydrogen-bond donors (Lipinski definition) is 1. The molecule has 0 radical (unpaired) electrons. The molecule has 3 rings (SSSR count). The van der Waals surface area contributed by atoms with Crippen LogP contribution in [0.5, 0.6) is 0 Å². The van der Waals surface area contributed by atoms with Crippen LogP contribution in [0.15, 0.2) is 23.4 Å². The fourth-order valence-corrected chi connectivity index (χ4v) is 2.61. The number of carboxylic acid groups (broad SMARTS) is 1. The summed E-state index contributed by atoms with van der Waals surface area (Å²) < 4.78 is 1.82. The van der Waals surface area contributed by atoms with Gasteiger partial charge in [0, 0.05) is 6.20 Å². The number of pyridine rings is 1. The monoisotopic (exact) mass is 277 g/mol. The lowest BCUT2D eigenvalue weighted by Crippen LogP contribution is -2.04. The van der Waals surface area contributed by atoms with Crippen molar-refractivity contribution in [2.45, 2.75) is 29.7 Å². The highest BCUT2D eigenvalue weighted by Crippen LogP contribution is 2.35. The van der Waals surface area contributed by atoms with E-state index < -0.39 is 5.97 Å². The molecule has 0 spiro atoms. The zero-order valence-electron chi connectivity index (χ0n) is 9.93. The molecule has 0 bridgehead atoms. The van der Waals surface area contributed by atoms with Gasteiger partial charge in [-0.15, -0.1) is 5.10 Å². The molecule has 98 valence electrons. The Labute approximate surface area is 113 Å². The van der Waals surface area contributed by atoms with Crippen LogP contribution in [0, 0.1) is 0 Å². The Morgan fingerprint density at radius 1 is 1.53 bits per heavy atom. The third-order valence-electron chi connectivity index (χ3n) is 2.79. The van der Waals surface area contributed by atoms with E-state index in [0.717, 1.165) is 18.7 Å². The first-order valence-corrected chi connectivity index (χ1v) is 6.82. The molecule has 2 heterocycles. The standard InChI is InChI=1S/C11H11N5O2S/c17-11(18)8-2-1-5-12-10(8)19-6-9-13-14-15-16(9)7-3-4-7/h1-2,5,7H,3-4,6H2,(H,17,18). The van der Waals surface area contributed by atoms with E-state index >= 15 is 0 Å². The molecule has 7 nitrogen and oxygen atoms in total. The predicted octanol–water partition coefficient (Wildman–Crippen LogP) is 1.39. The van der Waals surface area contributed by atoms with E-state index in [1.807, 2.05) is 4.68 Å². The first-order chi connectivity index (χ1) is 9.25. The fourth-order valence-electron chi connectivity index (χ4n) is 1.71. The number of hydrogen-bond acceptors (Lipinski definition) is 6. The maximum Gasteiger partial charge on any atom is 0.338 e. The highest BCUT2D eigenvalue weighted by atomic mass is 32.2. The Morgan fingerprint density at radius 2 is 2.37 bits per heavy atom. The second-order valence-corrected chi connectivity index (χ2v) is 5.18. The highest BCUT2D eigenvalue weighted by Gasteiger charge is 2.27. The molecule has 0 saturated heterocycles. The number of carboxylic acids is 1. The molecule has 19 heavy (non-hydrogen) atoms. The fraction of sp³-hybridized carbons (Fsp3) is 0.364. The van der Waals surface area contributed by atoms with Crippen molar-refractivity contribution >= 4 is 17.7 Å². The van der Waals surface area contributed by atoms with Crippen LogP contribution < -0.4 is 0 Å². The van der Waals surface area contributed by atoms with E-state index in [0.29, 0.717) is 16.8 Å². The number of rotatable bonds is 5. The molecule has 1 fully saturated rings. The minimum absolute atomic E-state index is 0.206. The lowest BCUT2D eigenvalue weighted by molar-refractivity contribution is 0.0692. The van der Waals surface area contributed by atoms with Crippen molar-refractivity contribution < 1.29 is 9.90 Å². The lowest BCUT2D eigenvalue weighted by atomic mass is 10.3. The van der Waals surface area contributed by atoms with E-state index in [9.17, 15) is 4.79 Å². The largest absolute Gasteiger partial charge is 0.478 e. The Hall–Kier alpha value is -1.96. The second-order valence-electron chi connectivity index (χ2n) is 4.22. The SMILES string of the molecule is O=C(O)c1cccnc1SCc1nnnn1C1CC1. The molecule has 0 atom stereocenters. The third-order valence-corrected chi connectivity index (χ3v) is 3.79. The van der Waals surface area contributed by atoms with Gasteiger partial charge in [0.25, 0.3) is 0 Å². The van der Waals surface area contributed by atoms with Crippen molar-refractivity contribution in [1.82, 2.24) is 25.2 Å². The van der Waals surface area contributed by atoms with Crippen LogP contribution in [0.1, 0.15) is 35.1 Å². The number of thioether (sulfide) groups is 1. The predicted molar refractivity (Wildman–Crippen MR) is 66.8 cm³/mol. The van der Waals surface area contributed by atoms with Gasteiger partial charge >= 0.3 is 5.97 Å². The van der Waals surface area contributed by atoms with Crippen molar-refractivity contribution in [2.24, 2.45) is 0 Å². The summed E-state index contributed by atoms with van der Waals surface area (Å²) in [5.41, 5.74) is 0.206. The van der Waals surface area contributed by atoms with Crippen LogP contribution in [0.2, 0.25) is 0 Å². The Kier molecular flexibility index (Phi) is 3.16. The van der Waals surface area contributed by atoms with Gasteiger partial charge in [0.1, 0.15) is 5.03 Å². The molecule has 0 aromatic carbocycles. The molecule has 0 amide bonds. The average molecular weight is 277 g/mol.